The Kier molecular flexibility index (Phi) is 16.1. The van der Waals surface area contributed by atoms with Gasteiger partial charge >= 0.3 is 5.97 Å². The number of nitrogens with two attached hydrogens (primary N) is 1. The van der Waals surface area contributed by atoms with Gasteiger partial charge in [-0.25, -0.2) is 0 Å². The fourth-order valence-electron chi connectivity index (χ4n) is 2.68. The molecule has 1 amide bonds. The topological polar surface area (TPSA) is 80.4 Å². The number of primary amides is 1. The van der Waals surface area contributed by atoms with Gasteiger partial charge in [0, 0.05) is 6.42 Å². The van der Waals surface area contributed by atoms with Crippen LogP contribution in [0.1, 0.15) is 96.3 Å². The lowest BCUT2D eigenvalue weighted by Crippen LogP contribution is -2.05. The van der Waals surface area contributed by atoms with Gasteiger partial charge in [-0.2, -0.15) is 0 Å². The molecule has 134 valence electrons. The standard InChI is InChI=1S/C19H35NO3/c20-18(21)16-14-12-10-8-6-4-2-1-3-5-7-9-11-13-15-17-19(22)23/h14,16H,1-13,15,17H2,(H2,20,21)(H,22,23). The number of carbonyl (C=O) groups is 2. The minimum atomic E-state index is -0.674. The fraction of sp³-hybridized carbons (Fsp3) is 0.789. The van der Waals surface area contributed by atoms with E-state index < -0.39 is 5.97 Å². The van der Waals surface area contributed by atoms with Gasteiger partial charge in [-0.05, 0) is 25.3 Å². The second-order valence-corrected chi connectivity index (χ2v) is 6.33. The lowest BCUT2D eigenvalue weighted by Gasteiger charge is -2.02. The fourth-order valence-corrected chi connectivity index (χ4v) is 2.68. The van der Waals surface area contributed by atoms with Gasteiger partial charge in [0.05, 0.1) is 0 Å². The van der Waals surface area contributed by atoms with Crippen LogP contribution < -0.4 is 5.73 Å². The molecule has 0 atom stereocenters. The molecular formula is C19H35NO3. The second-order valence-electron chi connectivity index (χ2n) is 6.33. The number of carboxylic acid groups (broad SMARTS) is 1. The quantitative estimate of drug-likeness (QED) is 0.293. The summed E-state index contributed by atoms with van der Waals surface area (Å²) in [5.74, 6) is -1.03. The van der Waals surface area contributed by atoms with Crippen molar-refractivity contribution in [3.05, 3.63) is 12.2 Å². The van der Waals surface area contributed by atoms with Gasteiger partial charge in [-0.1, -0.05) is 76.7 Å². The van der Waals surface area contributed by atoms with Crippen LogP contribution in [0.4, 0.5) is 0 Å². The summed E-state index contributed by atoms with van der Waals surface area (Å²) in [6, 6.07) is 0. The zero-order valence-electron chi connectivity index (χ0n) is 14.6. The molecule has 0 aliphatic rings. The van der Waals surface area contributed by atoms with Crippen molar-refractivity contribution in [3.63, 3.8) is 0 Å². The maximum absolute atomic E-state index is 10.5. The molecule has 4 nitrogen and oxygen atoms in total. The van der Waals surface area contributed by atoms with E-state index in [1.165, 1.54) is 70.3 Å². The molecule has 0 spiro atoms. The second kappa shape index (κ2) is 17.0. The molecule has 0 fully saturated rings. The monoisotopic (exact) mass is 325 g/mol. The molecule has 0 aliphatic carbocycles. The van der Waals surface area contributed by atoms with Crippen LogP contribution in [-0.4, -0.2) is 17.0 Å². The van der Waals surface area contributed by atoms with Crippen LogP contribution in [0.2, 0.25) is 0 Å². The third-order valence-corrected chi connectivity index (χ3v) is 4.04. The molecule has 0 heterocycles. The van der Waals surface area contributed by atoms with Gasteiger partial charge in [-0.15, -0.1) is 0 Å². The molecule has 0 rings (SSSR count). The maximum Gasteiger partial charge on any atom is 0.303 e. The third kappa shape index (κ3) is 20.7. The predicted octanol–water partition coefficient (Wildman–Crippen LogP) is 4.96. The van der Waals surface area contributed by atoms with E-state index in [2.05, 4.69) is 0 Å². The van der Waals surface area contributed by atoms with Crippen molar-refractivity contribution < 1.29 is 14.7 Å². The average Bonchev–Trinajstić information content (AvgIpc) is 2.49. The van der Waals surface area contributed by atoms with Crippen LogP contribution in [0.15, 0.2) is 12.2 Å². The largest absolute Gasteiger partial charge is 0.481 e. The smallest absolute Gasteiger partial charge is 0.303 e. The first kappa shape index (κ1) is 21.7. The van der Waals surface area contributed by atoms with E-state index in [9.17, 15) is 9.59 Å². The van der Waals surface area contributed by atoms with E-state index >= 15 is 0 Å². The summed E-state index contributed by atoms with van der Waals surface area (Å²) < 4.78 is 0. The van der Waals surface area contributed by atoms with Crippen molar-refractivity contribution in [1.82, 2.24) is 0 Å². The molecule has 0 aromatic rings. The van der Waals surface area contributed by atoms with Gasteiger partial charge in [0.25, 0.3) is 0 Å². The maximum atomic E-state index is 10.5. The summed E-state index contributed by atoms with van der Waals surface area (Å²) in [5.41, 5.74) is 5.02. The van der Waals surface area contributed by atoms with E-state index in [1.54, 1.807) is 0 Å². The number of hydrogen-bond acceptors (Lipinski definition) is 2. The van der Waals surface area contributed by atoms with Crippen LogP contribution >= 0.6 is 0 Å². The Hall–Kier alpha value is -1.32. The van der Waals surface area contributed by atoms with Crippen molar-refractivity contribution in [3.8, 4) is 0 Å². The van der Waals surface area contributed by atoms with Crippen molar-refractivity contribution in [1.29, 1.82) is 0 Å². The Bertz CT molecular complexity index is 327. The lowest BCUT2D eigenvalue weighted by atomic mass is 10.0. The highest BCUT2D eigenvalue weighted by Gasteiger charge is 1.97. The van der Waals surface area contributed by atoms with Gasteiger partial charge in [0.1, 0.15) is 0 Å². The number of rotatable bonds is 17. The molecule has 0 aliphatic heterocycles. The first-order valence-corrected chi connectivity index (χ1v) is 9.30. The minimum Gasteiger partial charge on any atom is -0.481 e. The summed E-state index contributed by atoms with van der Waals surface area (Å²) in [5, 5.41) is 8.53. The Morgan fingerprint density at radius 1 is 0.696 bits per heavy atom. The van der Waals surface area contributed by atoms with Crippen molar-refractivity contribution >= 4 is 11.9 Å². The number of hydrogen-bond donors (Lipinski definition) is 2. The number of allylic oxidation sites excluding steroid dienone is 1. The van der Waals surface area contributed by atoms with E-state index in [1.807, 2.05) is 6.08 Å². The van der Waals surface area contributed by atoms with E-state index in [4.69, 9.17) is 10.8 Å². The highest BCUT2D eigenvalue weighted by molar-refractivity contribution is 5.85. The highest BCUT2D eigenvalue weighted by Crippen LogP contribution is 2.13. The Morgan fingerprint density at radius 3 is 1.48 bits per heavy atom. The normalized spacial score (nSPS) is 11.1. The van der Waals surface area contributed by atoms with Crippen LogP contribution in [-0.2, 0) is 9.59 Å². The Morgan fingerprint density at radius 2 is 1.09 bits per heavy atom. The summed E-state index contributed by atoms with van der Waals surface area (Å²) >= 11 is 0. The van der Waals surface area contributed by atoms with Crippen LogP contribution in [0.3, 0.4) is 0 Å². The van der Waals surface area contributed by atoms with E-state index in [-0.39, 0.29) is 5.91 Å². The Labute approximate surface area is 141 Å². The molecule has 0 radical (unpaired) electrons. The molecule has 0 saturated heterocycles. The molecule has 0 bridgehead atoms. The molecular weight excluding hydrogens is 290 g/mol. The van der Waals surface area contributed by atoms with Crippen LogP contribution in [0, 0.1) is 0 Å². The van der Waals surface area contributed by atoms with E-state index in [0.717, 1.165) is 25.7 Å². The predicted molar refractivity (Wildman–Crippen MR) is 95.2 cm³/mol. The zero-order valence-corrected chi connectivity index (χ0v) is 14.6. The van der Waals surface area contributed by atoms with E-state index in [0.29, 0.717) is 6.42 Å². The third-order valence-electron chi connectivity index (χ3n) is 4.04. The van der Waals surface area contributed by atoms with Crippen molar-refractivity contribution in [2.24, 2.45) is 5.73 Å². The molecule has 0 aromatic carbocycles. The first-order chi connectivity index (χ1) is 11.1. The summed E-state index contributed by atoms with van der Waals surface area (Å²) in [4.78, 5) is 20.8. The molecule has 3 N–H and O–H groups in total. The summed E-state index contributed by atoms with van der Waals surface area (Å²) in [6.07, 6.45) is 20.5. The SMILES string of the molecule is NC(=O)C=CCCCCCCCCCCCCCCCC(=O)O. The van der Waals surface area contributed by atoms with Crippen molar-refractivity contribution in [2.75, 3.05) is 0 Å². The minimum absolute atomic E-state index is 0.321. The molecule has 0 aromatic heterocycles. The average molecular weight is 325 g/mol. The van der Waals surface area contributed by atoms with Crippen LogP contribution in [0.25, 0.3) is 0 Å². The number of unbranched alkanes of at least 4 members (excludes halogenated alkanes) is 13. The van der Waals surface area contributed by atoms with Gasteiger partial charge < -0.3 is 10.8 Å². The zero-order chi connectivity index (χ0) is 17.2. The lowest BCUT2D eigenvalue weighted by molar-refractivity contribution is -0.137. The molecule has 23 heavy (non-hydrogen) atoms. The van der Waals surface area contributed by atoms with Crippen LogP contribution in [0.5, 0.6) is 0 Å². The molecule has 4 heteroatoms. The summed E-state index contributed by atoms with van der Waals surface area (Å²) in [7, 11) is 0. The highest BCUT2D eigenvalue weighted by atomic mass is 16.4. The first-order valence-electron chi connectivity index (χ1n) is 9.30. The van der Waals surface area contributed by atoms with Gasteiger partial charge in [0.15, 0.2) is 0 Å². The van der Waals surface area contributed by atoms with Crippen molar-refractivity contribution in [2.45, 2.75) is 96.3 Å². The van der Waals surface area contributed by atoms with Gasteiger partial charge in [0.2, 0.25) is 5.91 Å². The number of carboxylic acids is 1. The number of carbonyl (C=O) groups excluding carboxylic acids is 1. The van der Waals surface area contributed by atoms with Gasteiger partial charge in [-0.3, -0.25) is 9.59 Å². The number of amides is 1. The molecule has 0 unspecified atom stereocenters. The number of aliphatic carboxylic acids is 1. The summed E-state index contributed by atoms with van der Waals surface area (Å²) in [6.45, 7) is 0. The molecule has 0 saturated carbocycles. The Balaban J connectivity index is 3.05.